The molecule has 19 heavy (non-hydrogen) atoms. The fourth-order valence-corrected chi connectivity index (χ4v) is 0.852. The first-order chi connectivity index (χ1) is 8.72. The zero-order valence-corrected chi connectivity index (χ0v) is 10.8. The van der Waals surface area contributed by atoms with Crippen molar-refractivity contribution in [2.24, 2.45) is 5.73 Å². The van der Waals surface area contributed by atoms with Crippen molar-refractivity contribution < 1.29 is 40.2 Å². The van der Waals surface area contributed by atoms with Gasteiger partial charge in [0.2, 0.25) is 0 Å². The van der Waals surface area contributed by atoms with Gasteiger partial charge in [-0.3, -0.25) is 4.79 Å². The van der Waals surface area contributed by atoms with E-state index in [1.165, 1.54) is 0 Å². The normalized spacial score (nSPS) is 18.3. The Morgan fingerprint density at radius 2 is 1.68 bits per heavy atom. The smallest absolute Gasteiger partial charge is 0.321 e. The molecule has 0 saturated heterocycles. The lowest BCUT2D eigenvalue weighted by Crippen LogP contribution is -2.46. The lowest BCUT2D eigenvalue weighted by Gasteiger charge is -2.22. The van der Waals surface area contributed by atoms with Crippen molar-refractivity contribution in [3.05, 3.63) is 0 Å². The molecule has 0 aliphatic heterocycles. The van der Waals surface area contributed by atoms with E-state index in [9.17, 15) is 9.59 Å². The minimum Gasteiger partial charge on any atom is -0.480 e. The van der Waals surface area contributed by atoms with Gasteiger partial charge in [-0.2, -0.15) is 12.6 Å². The predicted molar refractivity (Wildman–Crippen MR) is 66.6 cm³/mol. The second-order valence-corrected chi connectivity index (χ2v) is 3.85. The summed E-state index contributed by atoms with van der Waals surface area (Å²) in [5, 5.41) is 51.5. The Bertz CT molecular complexity index is 267. The van der Waals surface area contributed by atoms with Crippen LogP contribution in [0, 0.1) is 0 Å². The third-order valence-electron chi connectivity index (χ3n) is 1.93. The highest BCUT2D eigenvalue weighted by molar-refractivity contribution is 7.80. The highest BCUT2D eigenvalue weighted by Crippen LogP contribution is 2.02. The summed E-state index contributed by atoms with van der Waals surface area (Å²) in [5.41, 5.74) is 4.94. The number of nitrogens with two attached hydrogens (primary N) is 1. The van der Waals surface area contributed by atoms with Gasteiger partial charge in [-0.15, -0.1) is 0 Å². The lowest BCUT2D eigenvalue weighted by atomic mass is 10.0. The number of aliphatic hydroxyl groups excluding tert-OH is 5. The van der Waals surface area contributed by atoms with Crippen LogP contribution >= 0.6 is 12.6 Å². The second-order valence-electron chi connectivity index (χ2n) is 3.49. The summed E-state index contributed by atoms with van der Waals surface area (Å²) >= 11 is 3.65. The summed E-state index contributed by atoms with van der Waals surface area (Å²) in [5.74, 6) is -0.815. The van der Waals surface area contributed by atoms with Gasteiger partial charge >= 0.3 is 5.97 Å². The van der Waals surface area contributed by atoms with E-state index in [4.69, 9.17) is 36.4 Å². The van der Waals surface area contributed by atoms with Crippen LogP contribution in [0.2, 0.25) is 0 Å². The molecular weight excluding hydrogens is 282 g/mol. The average molecular weight is 301 g/mol. The van der Waals surface area contributed by atoms with E-state index in [0.29, 0.717) is 0 Å². The standard InChI is InChI=1S/C6H12O6.C3H7NO2S/c7-1-3(9)5(11)6(12)4(10)2-8;4-2(1-7)3(5)6/h1,3-6,8-12H,2H2;2,7H,1,4H2,(H,5,6). The molecule has 10 heteroatoms. The van der Waals surface area contributed by atoms with Crippen LogP contribution in [0.25, 0.3) is 0 Å². The molecule has 0 aromatic heterocycles. The van der Waals surface area contributed by atoms with Crippen LogP contribution in [-0.2, 0) is 9.59 Å². The summed E-state index contributed by atoms with van der Waals surface area (Å²) in [4.78, 5) is 19.7. The lowest BCUT2D eigenvalue weighted by molar-refractivity contribution is -0.138. The molecule has 8 N–H and O–H groups in total. The van der Waals surface area contributed by atoms with E-state index < -0.39 is 43.0 Å². The number of carboxylic acids is 1. The number of aliphatic hydroxyl groups is 5. The fourth-order valence-electron chi connectivity index (χ4n) is 0.696. The van der Waals surface area contributed by atoms with Crippen molar-refractivity contribution in [3.8, 4) is 0 Å². The largest absolute Gasteiger partial charge is 0.480 e. The maximum atomic E-state index is 9.90. The van der Waals surface area contributed by atoms with E-state index in [-0.39, 0.29) is 12.0 Å². The zero-order valence-electron chi connectivity index (χ0n) is 9.90. The minimum atomic E-state index is -1.79. The molecule has 0 spiro atoms. The monoisotopic (exact) mass is 301 g/mol. The Hall–Kier alpha value is -0.750. The van der Waals surface area contributed by atoms with Crippen molar-refractivity contribution in [2.75, 3.05) is 12.4 Å². The third-order valence-corrected chi connectivity index (χ3v) is 2.33. The molecule has 0 aliphatic rings. The quantitative estimate of drug-likeness (QED) is 0.171. The Morgan fingerprint density at radius 1 is 1.21 bits per heavy atom. The molecule has 5 unspecified atom stereocenters. The van der Waals surface area contributed by atoms with Crippen LogP contribution in [0.15, 0.2) is 0 Å². The van der Waals surface area contributed by atoms with Crippen molar-refractivity contribution >= 4 is 24.9 Å². The molecular formula is C9H19NO8S. The van der Waals surface area contributed by atoms with Crippen LogP contribution < -0.4 is 5.73 Å². The number of carboxylic acid groups (broad SMARTS) is 1. The Balaban J connectivity index is 0. The number of carbonyl (C=O) groups excluding carboxylic acids is 1. The number of carbonyl (C=O) groups is 2. The van der Waals surface area contributed by atoms with Crippen molar-refractivity contribution in [1.29, 1.82) is 0 Å². The SMILES string of the molecule is NC(CS)C(=O)O.O=CC(O)C(O)C(O)C(O)CO. The molecule has 0 aromatic carbocycles. The number of thiol groups is 1. The molecule has 114 valence electrons. The van der Waals surface area contributed by atoms with Gasteiger partial charge in [-0.1, -0.05) is 0 Å². The number of hydrogen-bond acceptors (Lipinski definition) is 9. The molecule has 0 fully saturated rings. The minimum absolute atomic E-state index is 0.0258. The number of aldehydes is 1. The van der Waals surface area contributed by atoms with Gasteiger partial charge in [-0.25, -0.2) is 0 Å². The maximum Gasteiger partial charge on any atom is 0.321 e. The van der Waals surface area contributed by atoms with Crippen LogP contribution in [-0.4, -0.2) is 85.7 Å². The molecule has 9 nitrogen and oxygen atoms in total. The number of hydrogen-bond donors (Lipinski definition) is 8. The van der Waals surface area contributed by atoms with Crippen LogP contribution in [0.1, 0.15) is 0 Å². The Kier molecular flexibility index (Phi) is 12.0. The first-order valence-electron chi connectivity index (χ1n) is 5.10. The number of rotatable bonds is 7. The molecule has 0 heterocycles. The van der Waals surface area contributed by atoms with Crippen LogP contribution in [0.4, 0.5) is 0 Å². The molecule has 0 rings (SSSR count). The summed E-state index contributed by atoms with van der Waals surface area (Å²) in [6.07, 6.45) is -6.84. The topological polar surface area (TPSA) is 182 Å². The van der Waals surface area contributed by atoms with Gasteiger partial charge in [-0.05, 0) is 0 Å². The van der Waals surface area contributed by atoms with Gasteiger partial charge in [0.05, 0.1) is 6.61 Å². The van der Waals surface area contributed by atoms with Gasteiger partial charge in [0.15, 0.2) is 6.29 Å². The molecule has 0 saturated carbocycles. The van der Waals surface area contributed by atoms with E-state index in [1.54, 1.807) is 0 Å². The summed E-state index contributed by atoms with van der Waals surface area (Å²) in [6.45, 7) is -0.760. The van der Waals surface area contributed by atoms with Crippen LogP contribution in [0.3, 0.4) is 0 Å². The summed E-state index contributed by atoms with van der Waals surface area (Å²) < 4.78 is 0. The summed E-state index contributed by atoms with van der Waals surface area (Å²) in [6, 6.07) is -0.816. The Labute approximate surface area is 114 Å². The fraction of sp³-hybridized carbons (Fsp3) is 0.778. The molecule has 0 amide bonds. The van der Waals surface area contributed by atoms with Crippen molar-refractivity contribution in [3.63, 3.8) is 0 Å². The molecule has 0 aliphatic carbocycles. The van der Waals surface area contributed by atoms with Gasteiger partial charge in [0, 0.05) is 5.75 Å². The number of aliphatic carboxylic acids is 1. The second kappa shape index (κ2) is 11.1. The molecule has 5 atom stereocenters. The predicted octanol–water partition coefficient (Wildman–Crippen LogP) is -4.05. The first kappa shape index (κ1) is 20.6. The van der Waals surface area contributed by atoms with E-state index in [0.717, 1.165) is 0 Å². The van der Waals surface area contributed by atoms with E-state index in [1.807, 2.05) is 0 Å². The highest BCUT2D eigenvalue weighted by atomic mass is 32.1. The zero-order chi connectivity index (χ0) is 15.6. The highest BCUT2D eigenvalue weighted by Gasteiger charge is 2.29. The van der Waals surface area contributed by atoms with Gasteiger partial charge < -0.3 is 41.2 Å². The van der Waals surface area contributed by atoms with Crippen molar-refractivity contribution in [2.45, 2.75) is 30.5 Å². The first-order valence-corrected chi connectivity index (χ1v) is 5.73. The molecule has 0 aromatic rings. The average Bonchev–Trinajstić information content (AvgIpc) is 2.43. The summed E-state index contributed by atoms with van der Waals surface area (Å²) in [7, 11) is 0. The molecule has 0 bridgehead atoms. The van der Waals surface area contributed by atoms with E-state index >= 15 is 0 Å². The third kappa shape index (κ3) is 8.88. The van der Waals surface area contributed by atoms with Crippen molar-refractivity contribution in [1.82, 2.24) is 0 Å². The van der Waals surface area contributed by atoms with Gasteiger partial charge in [0.25, 0.3) is 0 Å². The van der Waals surface area contributed by atoms with E-state index in [2.05, 4.69) is 12.6 Å². The molecule has 0 radical (unpaired) electrons. The maximum absolute atomic E-state index is 9.90. The van der Waals surface area contributed by atoms with Crippen LogP contribution in [0.5, 0.6) is 0 Å². The van der Waals surface area contributed by atoms with Gasteiger partial charge in [0.1, 0.15) is 30.5 Å². The Morgan fingerprint density at radius 3 is 1.89 bits per heavy atom.